The Labute approximate surface area is 173 Å². The summed E-state index contributed by atoms with van der Waals surface area (Å²) in [6.45, 7) is 3.90. The minimum Gasteiger partial charge on any atom is -0.361 e. The van der Waals surface area contributed by atoms with Crippen LogP contribution in [0.3, 0.4) is 0 Å². The number of fused-ring (bicyclic) bond motifs is 1. The number of carbonyl (C=O) groups excluding carboxylic acids is 1. The van der Waals surface area contributed by atoms with E-state index in [1.54, 1.807) is 0 Å². The summed E-state index contributed by atoms with van der Waals surface area (Å²) in [6, 6.07) is 18.8. The number of aromatic amines is 1. The van der Waals surface area contributed by atoms with Gasteiger partial charge in [-0.1, -0.05) is 61.9 Å². The van der Waals surface area contributed by atoms with Crippen LogP contribution in [-0.2, 0) is 11.2 Å². The van der Waals surface area contributed by atoms with Gasteiger partial charge in [-0.15, -0.1) is 0 Å². The first kappa shape index (κ1) is 19.7. The number of benzene rings is 2. The number of unbranched alkanes of at least 4 members (excludes halogenated alkanes) is 1. The van der Waals surface area contributed by atoms with Gasteiger partial charge in [-0.05, 0) is 49.4 Å². The first-order chi connectivity index (χ1) is 14.3. The van der Waals surface area contributed by atoms with Crippen LogP contribution in [0.15, 0.2) is 60.8 Å². The molecule has 0 radical (unpaired) electrons. The molecule has 2 atom stereocenters. The lowest BCUT2D eigenvalue weighted by molar-refractivity contribution is -0.134. The van der Waals surface area contributed by atoms with Gasteiger partial charge in [-0.2, -0.15) is 0 Å². The molecule has 29 heavy (non-hydrogen) atoms. The molecular weight excluding hydrogens is 358 g/mol. The van der Waals surface area contributed by atoms with Crippen LogP contribution in [0, 0.1) is 0 Å². The standard InChI is InChI=1S/C25H31N3O/c1-2-3-15-26-23(17-20-18-27-22-13-8-7-12-21(20)22)25(29)28-16-9-14-24(28)19-10-5-4-6-11-19/h4-8,10-13,18,23-24,26-27H,2-3,9,14-17H2,1H3/t23-,24?/m0/s1. The van der Waals surface area contributed by atoms with Gasteiger partial charge < -0.3 is 15.2 Å². The minimum atomic E-state index is -0.190. The average molecular weight is 390 g/mol. The Morgan fingerprint density at radius 2 is 1.97 bits per heavy atom. The van der Waals surface area contributed by atoms with Gasteiger partial charge in [0.25, 0.3) is 0 Å². The highest BCUT2D eigenvalue weighted by Gasteiger charge is 2.34. The maximum Gasteiger partial charge on any atom is 0.240 e. The molecule has 0 aliphatic carbocycles. The zero-order valence-corrected chi connectivity index (χ0v) is 17.2. The molecule has 1 amide bonds. The van der Waals surface area contributed by atoms with Gasteiger partial charge in [0.1, 0.15) is 0 Å². The first-order valence-electron chi connectivity index (χ1n) is 10.9. The molecule has 2 heterocycles. The predicted octanol–water partition coefficient (Wildman–Crippen LogP) is 4.83. The monoisotopic (exact) mass is 389 g/mol. The lowest BCUT2D eigenvalue weighted by Gasteiger charge is -2.30. The highest BCUT2D eigenvalue weighted by molar-refractivity contribution is 5.86. The third-order valence-electron chi connectivity index (χ3n) is 6.04. The number of likely N-dealkylation sites (tertiary alicyclic amines) is 1. The van der Waals surface area contributed by atoms with Crippen molar-refractivity contribution < 1.29 is 4.79 Å². The Morgan fingerprint density at radius 1 is 1.17 bits per heavy atom. The maximum atomic E-state index is 13.6. The smallest absolute Gasteiger partial charge is 0.240 e. The van der Waals surface area contributed by atoms with Crippen molar-refractivity contribution in [2.75, 3.05) is 13.1 Å². The summed E-state index contributed by atoms with van der Waals surface area (Å²) in [6.07, 6.45) is 7.09. The molecule has 1 aliphatic rings. The summed E-state index contributed by atoms with van der Waals surface area (Å²) in [5.41, 5.74) is 3.58. The molecule has 4 heteroatoms. The molecule has 3 aromatic rings. The SMILES string of the molecule is CCCCN[C@@H](Cc1c[nH]c2ccccc12)C(=O)N1CCCC1c1ccccc1. The molecular formula is C25H31N3O. The number of aromatic nitrogens is 1. The zero-order chi connectivity index (χ0) is 20.1. The normalized spacial score (nSPS) is 17.7. The second-order valence-corrected chi connectivity index (χ2v) is 8.02. The fourth-order valence-electron chi connectivity index (χ4n) is 4.47. The molecule has 4 nitrogen and oxygen atoms in total. The van der Waals surface area contributed by atoms with Crippen molar-refractivity contribution in [3.05, 3.63) is 71.9 Å². The molecule has 0 bridgehead atoms. The topological polar surface area (TPSA) is 48.1 Å². The number of hydrogen-bond donors (Lipinski definition) is 2. The van der Waals surface area contributed by atoms with Gasteiger partial charge in [0.2, 0.25) is 5.91 Å². The number of H-pyrrole nitrogens is 1. The summed E-state index contributed by atoms with van der Waals surface area (Å²) in [5, 5.41) is 4.78. The van der Waals surface area contributed by atoms with Gasteiger partial charge in [0.15, 0.2) is 0 Å². The van der Waals surface area contributed by atoms with Crippen molar-refractivity contribution in [2.24, 2.45) is 0 Å². The molecule has 4 rings (SSSR count). The summed E-state index contributed by atoms with van der Waals surface area (Å²) in [7, 11) is 0. The third-order valence-corrected chi connectivity index (χ3v) is 6.04. The first-order valence-corrected chi connectivity index (χ1v) is 10.9. The summed E-state index contributed by atoms with van der Waals surface area (Å²) in [5.74, 6) is 0.234. The van der Waals surface area contributed by atoms with E-state index in [0.717, 1.165) is 44.3 Å². The fourth-order valence-corrected chi connectivity index (χ4v) is 4.47. The quantitative estimate of drug-likeness (QED) is 0.542. The van der Waals surface area contributed by atoms with Crippen LogP contribution in [0.4, 0.5) is 0 Å². The van der Waals surface area contributed by atoms with Crippen LogP contribution in [0.5, 0.6) is 0 Å². The minimum absolute atomic E-state index is 0.190. The van der Waals surface area contributed by atoms with Crippen molar-refractivity contribution in [3.8, 4) is 0 Å². The molecule has 0 spiro atoms. The molecule has 2 aromatic carbocycles. The molecule has 0 saturated carbocycles. The summed E-state index contributed by atoms with van der Waals surface area (Å²) < 4.78 is 0. The van der Waals surface area contributed by atoms with Gasteiger partial charge >= 0.3 is 0 Å². The Hall–Kier alpha value is -2.59. The van der Waals surface area contributed by atoms with Crippen molar-refractivity contribution in [1.82, 2.24) is 15.2 Å². The Bertz CT molecular complexity index is 933. The van der Waals surface area contributed by atoms with Crippen molar-refractivity contribution in [1.29, 1.82) is 0 Å². The van der Waals surface area contributed by atoms with Gasteiger partial charge in [-0.3, -0.25) is 4.79 Å². The van der Waals surface area contributed by atoms with Crippen LogP contribution in [0.25, 0.3) is 10.9 Å². The van der Waals surface area contributed by atoms with Gasteiger partial charge in [0.05, 0.1) is 12.1 Å². The van der Waals surface area contributed by atoms with E-state index >= 15 is 0 Å². The number of nitrogens with zero attached hydrogens (tertiary/aromatic N) is 1. The highest BCUT2D eigenvalue weighted by Crippen LogP contribution is 2.32. The van der Waals surface area contributed by atoms with Crippen molar-refractivity contribution in [2.45, 2.75) is 51.1 Å². The third kappa shape index (κ3) is 4.38. The van der Waals surface area contributed by atoms with Crippen LogP contribution in [0.2, 0.25) is 0 Å². The molecule has 1 aliphatic heterocycles. The van der Waals surface area contributed by atoms with E-state index in [1.807, 2.05) is 12.1 Å². The van der Waals surface area contributed by atoms with Gasteiger partial charge in [-0.25, -0.2) is 0 Å². The van der Waals surface area contributed by atoms with Crippen LogP contribution >= 0.6 is 0 Å². The van der Waals surface area contributed by atoms with Gasteiger partial charge in [0, 0.05) is 23.6 Å². The molecule has 152 valence electrons. The number of carbonyl (C=O) groups is 1. The lowest BCUT2D eigenvalue weighted by Crippen LogP contribution is -2.47. The van der Waals surface area contributed by atoms with E-state index in [-0.39, 0.29) is 18.0 Å². The van der Waals surface area contributed by atoms with E-state index in [9.17, 15) is 4.79 Å². The van der Waals surface area contributed by atoms with Crippen molar-refractivity contribution >= 4 is 16.8 Å². The largest absolute Gasteiger partial charge is 0.361 e. The Kier molecular flexibility index (Phi) is 6.30. The van der Waals surface area contributed by atoms with Crippen LogP contribution < -0.4 is 5.32 Å². The summed E-state index contributed by atoms with van der Waals surface area (Å²) in [4.78, 5) is 19.1. The Balaban J connectivity index is 1.56. The number of amides is 1. The second-order valence-electron chi connectivity index (χ2n) is 8.02. The number of para-hydroxylation sites is 1. The maximum absolute atomic E-state index is 13.6. The molecule has 1 unspecified atom stereocenters. The summed E-state index contributed by atoms with van der Waals surface area (Å²) >= 11 is 0. The zero-order valence-electron chi connectivity index (χ0n) is 17.2. The van der Waals surface area contributed by atoms with E-state index < -0.39 is 0 Å². The molecule has 1 aromatic heterocycles. The molecule has 2 N–H and O–H groups in total. The number of hydrogen-bond acceptors (Lipinski definition) is 2. The van der Waals surface area contributed by atoms with Crippen LogP contribution in [0.1, 0.15) is 49.8 Å². The molecule has 1 saturated heterocycles. The average Bonchev–Trinajstić information content (AvgIpc) is 3.41. The second kappa shape index (κ2) is 9.27. The van der Waals surface area contributed by atoms with Crippen molar-refractivity contribution in [3.63, 3.8) is 0 Å². The van der Waals surface area contributed by atoms with E-state index in [2.05, 4.69) is 70.8 Å². The van der Waals surface area contributed by atoms with E-state index in [0.29, 0.717) is 6.42 Å². The fraction of sp³-hybridized carbons (Fsp3) is 0.400. The molecule has 1 fully saturated rings. The number of rotatable bonds is 8. The number of nitrogens with one attached hydrogen (secondary N) is 2. The highest BCUT2D eigenvalue weighted by atomic mass is 16.2. The predicted molar refractivity (Wildman–Crippen MR) is 119 cm³/mol. The Morgan fingerprint density at radius 3 is 2.79 bits per heavy atom. The van der Waals surface area contributed by atoms with Crippen LogP contribution in [-0.4, -0.2) is 34.9 Å². The van der Waals surface area contributed by atoms with E-state index in [1.165, 1.54) is 16.5 Å². The van der Waals surface area contributed by atoms with E-state index in [4.69, 9.17) is 0 Å². The lowest BCUT2D eigenvalue weighted by atomic mass is 10.0.